The monoisotopic (exact) mass is 259 g/mol. The van der Waals surface area contributed by atoms with E-state index in [-0.39, 0.29) is 0 Å². The number of benzene rings is 1. The maximum absolute atomic E-state index is 11.3. The molecule has 1 aromatic rings. The Morgan fingerprint density at radius 1 is 1.05 bits per heavy atom. The summed E-state index contributed by atoms with van der Waals surface area (Å²) < 4.78 is 0. The van der Waals surface area contributed by atoms with Crippen molar-refractivity contribution in [3.63, 3.8) is 0 Å². The smallest absolute Gasteiger partial charge is 0.0931 e. The lowest BCUT2D eigenvalue weighted by Crippen LogP contribution is -2.48. The average molecular weight is 259 g/mol. The van der Waals surface area contributed by atoms with Gasteiger partial charge in [-0.15, -0.1) is 0 Å². The van der Waals surface area contributed by atoms with Crippen molar-refractivity contribution in [1.29, 1.82) is 0 Å². The van der Waals surface area contributed by atoms with Crippen LogP contribution < -0.4 is 0 Å². The molecule has 0 radical (unpaired) electrons. The van der Waals surface area contributed by atoms with Crippen LogP contribution in [0.5, 0.6) is 0 Å². The largest absolute Gasteiger partial charge is 0.385 e. The first kappa shape index (κ1) is 13.1. The molecule has 2 saturated heterocycles. The standard InChI is InChI=1S/C17H25NO/c1-11-7-12(2)16(13(3)8-11)17(19)9-14-5-6-15(10-17)18(14)4/h7-8,14-15,19H,5-6,9-10H2,1-4H3. The van der Waals surface area contributed by atoms with Gasteiger partial charge in [0.2, 0.25) is 0 Å². The van der Waals surface area contributed by atoms with Crippen LogP contribution in [0.3, 0.4) is 0 Å². The zero-order valence-electron chi connectivity index (χ0n) is 12.5. The van der Waals surface area contributed by atoms with Gasteiger partial charge in [-0.2, -0.15) is 0 Å². The van der Waals surface area contributed by atoms with Gasteiger partial charge in [-0.3, -0.25) is 0 Å². The molecule has 2 atom stereocenters. The zero-order chi connectivity index (χ0) is 13.8. The first-order valence-corrected chi connectivity index (χ1v) is 7.43. The van der Waals surface area contributed by atoms with Gasteiger partial charge in [0.25, 0.3) is 0 Å². The van der Waals surface area contributed by atoms with Crippen LogP contribution in [0.1, 0.15) is 47.9 Å². The maximum Gasteiger partial charge on any atom is 0.0931 e. The molecule has 0 aliphatic carbocycles. The summed E-state index contributed by atoms with van der Waals surface area (Å²) in [4.78, 5) is 2.48. The second-order valence-corrected chi connectivity index (χ2v) is 6.76. The fourth-order valence-electron chi connectivity index (χ4n) is 4.56. The highest BCUT2D eigenvalue weighted by atomic mass is 16.3. The third-order valence-electron chi connectivity index (χ3n) is 5.27. The van der Waals surface area contributed by atoms with Gasteiger partial charge in [0.1, 0.15) is 0 Å². The third-order valence-corrected chi connectivity index (χ3v) is 5.27. The van der Waals surface area contributed by atoms with Crippen LogP contribution in [-0.4, -0.2) is 29.1 Å². The van der Waals surface area contributed by atoms with Crippen LogP contribution in [0.15, 0.2) is 12.1 Å². The van der Waals surface area contributed by atoms with E-state index < -0.39 is 5.60 Å². The normalized spacial score (nSPS) is 34.8. The topological polar surface area (TPSA) is 23.5 Å². The number of aliphatic hydroxyl groups is 1. The fourth-order valence-corrected chi connectivity index (χ4v) is 4.56. The van der Waals surface area contributed by atoms with Crippen LogP contribution in [0.4, 0.5) is 0 Å². The highest BCUT2D eigenvalue weighted by Gasteiger charge is 2.47. The zero-order valence-corrected chi connectivity index (χ0v) is 12.5. The van der Waals surface area contributed by atoms with Crippen molar-refractivity contribution in [3.8, 4) is 0 Å². The molecular weight excluding hydrogens is 234 g/mol. The van der Waals surface area contributed by atoms with Gasteiger partial charge in [-0.1, -0.05) is 17.7 Å². The van der Waals surface area contributed by atoms with E-state index in [0.29, 0.717) is 12.1 Å². The van der Waals surface area contributed by atoms with Crippen molar-refractivity contribution in [2.45, 2.75) is 64.1 Å². The van der Waals surface area contributed by atoms with Gasteiger partial charge in [0.15, 0.2) is 0 Å². The Morgan fingerprint density at radius 2 is 1.53 bits per heavy atom. The number of nitrogens with zero attached hydrogens (tertiary/aromatic N) is 1. The van der Waals surface area contributed by atoms with E-state index in [1.54, 1.807) is 0 Å². The van der Waals surface area contributed by atoms with E-state index in [4.69, 9.17) is 0 Å². The Labute approximate surface area is 116 Å². The molecule has 2 bridgehead atoms. The highest BCUT2D eigenvalue weighted by Crippen LogP contribution is 2.46. The van der Waals surface area contributed by atoms with Crippen molar-refractivity contribution >= 4 is 0 Å². The van der Waals surface area contributed by atoms with E-state index in [1.165, 1.54) is 35.1 Å². The predicted octanol–water partition coefficient (Wildman–Crippen LogP) is 3.06. The average Bonchev–Trinajstić information content (AvgIpc) is 2.53. The second-order valence-electron chi connectivity index (χ2n) is 6.76. The molecule has 104 valence electrons. The summed E-state index contributed by atoms with van der Waals surface area (Å²) in [5, 5.41) is 11.3. The van der Waals surface area contributed by atoms with E-state index >= 15 is 0 Å². The molecule has 0 amide bonds. The highest BCUT2D eigenvalue weighted by molar-refractivity contribution is 5.42. The quantitative estimate of drug-likeness (QED) is 0.838. The molecule has 1 N–H and O–H groups in total. The Hall–Kier alpha value is -0.860. The Bertz CT molecular complexity index is 471. The first-order chi connectivity index (χ1) is 8.90. The number of hydrogen-bond donors (Lipinski definition) is 1. The molecule has 2 aliphatic heterocycles. The molecule has 19 heavy (non-hydrogen) atoms. The molecule has 2 heterocycles. The molecule has 2 fully saturated rings. The summed E-state index contributed by atoms with van der Waals surface area (Å²) in [5.41, 5.74) is 4.38. The summed E-state index contributed by atoms with van der Waals surface area (Å²) in [7, 11) is 2.22. The van der Waals surface area contributed by atoms with Crippen molar-refractivity contribution < 1.29 is 5.11 Å². The lowest BCUT2D eigenvalue weighted by Gasteiger charge is -2.43. The number of hydrogen-bond acceptors (Lipinski definition) is 2. The van der Waals surface area contributed by atoms with Crippen LogP contribution in [-0.2, 0) is 5.60 Å². The molecule has 0 saturated carbocycles. The summed E-state index contributed by atoms with van der Waals surface area (Å²) in [6.07, 6.45) is 4.27. The predicted molar refractivity (Wildman–Crippen MR) is 78.4 cm³/mol. The van der Waals surface area contributed by atoms with Crippen molar-refractivity contribution in [2.75, 3.05) is 7.05 Å². The minimum atomic E-state index is -0.611. The molecule has 3 rings (SSSR count). The molecule has 0 spiro atoms. The van der Waals surface area contributed by atoms with Gasteiger partial charge in [0.05, 0.1) is 5.60 Å². The van der Waals surface area contributed by atoms with E-state index in [2.05, 4.69) is 44.9 Å². The van der Waals surface area contributed by atoms with Crippen LogP contribution in [0, 0.1) is 20.8 Å². The molecule has 2 nitrogen and oxygen atoms in total. The van der Waals surface area contributed by atoms with Gasteiger partial charge in [-0.05, 0) is 70.2 Å². The molecule has 1 aromatic carbocycles. The van der Waals surface area contributed by atoms with Crippen molar-refractivity contribution in [3.05, 3.63) is 34.4 Å². The Balaban J connectivity index is 2.03. The van der Waals surface area contributed by atoms with E-state index in [0.717, 1.165) is 12.8 Å². The summed E-state index contributed by atoms with van der Waals surface area (Å²) in [5.74, 6) is 0. The van der Waals surface area contributed by atoms with Gasteiger partial charge in [-0.25, -0.2) is 0 Å². The van der Waals surface area contributed by atoms with Crippen LogP contribution in [0.25, 0.3) is 0 Å². The fraction of sp³-hybridized carbons (Fsp3) is 0.647. The molecule has 2 unspecified atom stereocenters. The Kier molecular flexibility index (Phi) is 2.99. The van der Waals surface area contributed by atoms with Crippen molar-refractivity contribution in [2.24, 2.45) is 0 Å². The number of aryl methyl sites for hydroxylation is 3. The molecule has 2 aliphatic rings. The SMILES string of the molecule is Cc1cc(C)c(C2(O)CC3CCC(C2)N3C)c(C)c1. The molecule has 2 heteroatoms. The minimum absolute atomic E-state index is 0.559. The van der Waals surface area contributed by atoms with Gasteiger partial charge >= 0.3 is 0 Å². The lowest BCUT2D eigenvalue weighted by molar-refractivity contribution is -0.0501. The number of fused-ring (bicyclic) bond motifs is 2. The first-order valence-electron chi connectivity index (χ1n) is 7.43. The second kappa shape index (κ2) is 4.32. The number of rotatable bonds is 1. The molecule has 0 aromatic heterocycles. The van der Waals surface area contributed by atoms with E-state index in [1.807, 2.05) is 0 Å². The summed E-state index contributed by atoms with van der Waals surface area (Å²) >= 11 is 0. The third kappa shape index (κ3) is 2.02. The van der Waals surface area contributed by atoms with Crippen LogP contribution in [0.2, 0.25) is 0 Å². The van der Waals surface area contributed by atoms with E-state index in [9.17, 15) is 5.11 Å². The minimum Gasteiger partial charge on any atom is -0.385 e. The van der Waals surface area contributed by atoms with Crippen LogP contribution >= 0.6 is 0 Å². The summed E-state index contributed by atoms with van der Waals surface area (Å²) in [6.45, 7) is 6.42. The summed E-state index contributed by atoms with van der Waals surface area (Å²) in [6, 6.07) is 5.54. The Morgan fingerprint density at radius 3 is 2.00 bits per heavy atom. The maximum atomic E-state index is 11.3. The van der Waals surface area contributed by atoms with Gasteiger partial charge < -0.3 is 10.0 Å². The number of piperidine rings is 1. The van der Waals surface area contributed by atoms with Crippen molar-refractivity contribution in [1.82, 2.24) is 4.90 Å². The molecular formula is C17H25NO. The lowest BCUT2D eigenvalue weighted by atomic mass is 9.76. The van der Waals surface area contributed by atoms with Gasteiger partial charge in [0, 0.05) is 12.1 Å².